The Kier molecular flexibility index (Phi) is 6.44. The minimum atomic E-state index is -0.236. The van der Waals surface area contributed by atoms with Crippen LogP contribution >= 0.6 is 22.9 Å². The van der Waals surface area contributed by atoms with Crippen molar-refractivity contribution in [2.24, 2.45) is 0 Å². The lowest BCUT2D eigenvalue weighted by Gasteiger charge is -2.35. The molecule has 0 radical (unpaired) electrons. The lowest BCUT2D eigenvalue weighted by atomic mass is 10.0. The van der Waals surface area contributed by atoms with Crippen molar-refractivity contribution in [3.8, 4) is 11.5 Å². The van der Waals surface area contributed by atoms with Crippen LogP contribution in [0.15, 0.2) is 12.1 Å². The molecule has 3 heterocycles. The van der Waals surface area contributed by atoms with Crippen molar-refractivity contribution >= 4 is 50.6 Å². The van der Waals surface area contributed by atoms with Gasteiger partial charge in [-0.3, -0.25) is 4.79 Å². The summed E-state index contributed by atoms with van der Waals surface area (Å²) in [6.07, 6.45) is 3.51. The molecular formula is C23H27ClN4O3S. The first-order valence-electron chi connectivity index (χ1n) is 10.6. The number of benzene rings is 1. The number of aryl methyl sites for hydroxylation is 2. The fourth-order valence-corrected chi connectivity index (χ4v) is 5.55. The molecule has 9 heteroatoms. The minimum absolute atomic E-state index is 0.236. The van der Waals surface area contributed by atoms with E-state index in [-0.39, 0.29) is 5.91 Å². The Bertz CT molecular complexity index is 1180. The minimum Gasteiger partial charge on any atom is -0.495 e. The Morgan fingerprint density at radius 2 is 1.94 bits per heavy atom. The second-order valence-electron chi connectivity index (χ2n) is 8.01. The van der Waals surface area contributed by atoms with E-state index in [0.717, 1.165) is 41.0 Å². The summed E-state index contributed by atoms with van der Waals surface area (Å²) in [6.45, 7) is 7.06. The number of carbonyl (C=O) groups is 1. The second-order valence-corrected chi connectivity index (χ2v) is 9.42. The molecule has 1 atom stereocenters. The van der Waals surface area contributed by atoms with Gasteiger partial charge in [0.25, 0.3) is 5.91 Å². The second kappa shape index (κ2) is 9.11. The number of rotatable bonds is 5. The summed E-state index contributed by atoms with van der Waals surface area (Å²) in [4.78, 5) is 26.5. The van der Waals surface area contributed by atoms with Gasteiger partial charge in [0.05, 0.1) is 35.2 Å². The molecule has 1 unspecified atom stereocenters. The third kappa shape index (κ3) is 4.09. The fraction of sp³-hybridized carbons (Fsp3) is 0.435. The van der Waals surface area contributed by atoms with Crippen LogP contribution in [0.5, 0.6) is 11.5 Å². The molecule has 0 saturated carbocycles. The van der Waals surface area contributed by atoms with Crippen LogP contribution in [-0.2, 0) is 0 Å². The molecule has 32 heavy (non-hydrogen) atoms. The van der Waals surface area contributed by atoms with Crippen molar-refractivity contribution in [3.63, 3.8) is 0 Å². The van der Waals surface area contributed by atoms with Crippen LogP contribution in [0, 0.1) is 13.8 Å². The Hall–Kier alpha value is -2.58. The molecule has 1 aromatic carbocycles. The Balaban J connectivity index is 1.74. The van der Waals surface area contributed by atoms with Gasteiger partial charge in [-0.1, -0.05) is 11.6 Å². The number of nitrogens with one attached hydrogen (secondary N) is 1. The molecule has 0 aliphatic carbocycles. The van der Waals surface area contributed by atoms with Crippen LogP contribution in [0.3, 0.4) is 0 Å². The van der Waals surface area contributed by atoms with Gasteiger partial charge in [-0.05, 0) is 51.7 Å². The molecule has 170 valence electrons. The Morgan fingerprint density at radius 3 is 2.62 bits per heavy atom. The van der Waals surface area contributed by atoms with E-state index in [0.29, 0.717) is 39.0 Å². The van der Waals surface area contributed by atoms with E-state index in [9.17, 15) is 4.79 Å². The topological polar surface area (TPSA) is 76.6 Å². The van der Waals surface area contributed by atoms with Gasteiger partial charge in [0.1, 0.15) is 28.0 Å². The van der Waals surface area contributed by atoms with Crippen LogP contribution in [0.25, 0.3) is 10.2 Å². The highest BCUT2D eigenvalue weighted by Crippen LogP contribution is 2.39. The summed E-state index contributed by atoms with van der Waals surface area (Å²) in [5, 5.41) is 4.28. The number of thiophene rings is 1. The average molecular weight is 475 g/mol. The summed E-state index contributed by atoms with van der Waals surface area (Å²) in [7, 11) is 3.07. The number of amides is 1. The number of halogens is 1. The summed E-state index contributed by atoms with van der Waals surface area (Å²) in [6, 6.07) is 3.69. The maximum atomic E-state index is 13.3. The number of ether oxygens (including phenoxy) is 2. The van der Waals surface area contributed by atoms with E-state index >= 15 is 0 Å². The van der Waals surface area contributed by atoms with E-state index < -0.39 is 0 Å². The van der Waals surface area contributed by atoms with Gasteiger partial charge in [-0.25, -0.2) is 9.97 Å². The molecule has 3 aromatic rings. The lowest BCUT2D eigenvalue weighted by Crippen LogP contribution is -2.38. The normalized spacial score (nSPS) is 16.3. The molecule has 7 nitrogen and oxygen atoms in total. The Labute approximate surface area is 196 Å². The number of nitrogens with zero attached hydrogens (tertiary/aromatic N) is 3. The van der Waals surface area contributed by atoms with Crippen molar-refractivity contribution in [1.29, 1.82) is 0 Å². The van der Waals surface area contributed by atoms with Gasteiger partial charge in [0, 0.05) is 18.7 Å². The van der Waals surface area contributed by atoms with E-state index in [2.05, 4.69) is 22.1 Å². The summed E-state index contributed by atoms with van der Waals surface area (Å²) < 4.78 is 10.7. The number of hydrogen-bond donors (Lipinski definition) is 1. The summed E-state index contributed by atoms with van der Waals surface area (Å²) in [5.41, 5.74) is 1.36. The van der Waals surface area contributed by atoms with Gasteiger partial charge in [0.2, 0.25) is 0 Å². The fourth-order valence-electron chi connectivity index (χ4n) is 4.20. The number of aromatic nitrogens is 2. The third-order valence-corrected chi connectivity index (χ3v) is 7.37. The van der Waals surface area contributed by atoms with E-state index in [1.165, 1.54) is 32.0 Å². The van der Waals surface area contributed by atoms with E-state index in [1.807, 2.05) is 13.8 Å². The number of anilines is 2. The smallest absolute Gasteiger partial charge is 0.266 e. The van der Waals surface area contributed by atoms with Crippen LogP contribution < -0.4 is 19.7 Å². The Morgan fingerprint density at radius 1 is 1.19 bits per heavy atom. The van der Waals surface area contributed by atoms with Gasteiger partial charge < -0.3 is 19.7 Å². The maximum absolute atomic E-state index is 13.3. The monoisotopic (exact) mass is 474 g/mol. The zero-order valence-electron chi connectivity index (χ0n) is 18.9. The van der Waals surface area contributed by atoms with E-state index in [4.69, 9.17) is 26.1 Å². The van der Waals surface area contributed by atoms with Gasteiger partial charge in [0.15, 0.2) is 0 Å². The molecule has 1 aliphatic rings. The lowest BCUT2D eigenvalue weighted by molar-refractivity contribution is 0.102. The predicted octanol–water partition coefficient (Wildman–Crippen LogP) is 5.61. The zero-order valence-corrected chi connectivity index (χ0v) is 20.5. The number of fused-ring (bicyclic) bond motifs is 1. The van der Waals surface area contributed by atoms with Gasteiger partial charge in [-0.2, -0.15) is 0 Å². The molecule has 1 fully saturated rings. The van der Waals surface area contributed by atoms with Crippen molar-refractivity contribution in [2.75, 3.05) is 31.0 Å². The van der Waals surface area contributed by atoms with E-state index in [1.54, 1.807) is 12.1 Å². The zero-order chi connectivity index (χ0) is 23.0. The summed E-state index contributed by atoms with van der Waals surface area (Å²) in [5.74, 6) is 2.35. The van der Waals surface area contributed by atoms with Crippen LogP contribution in [-0.4, -0.2) is 42.7 Å². The van der Waals surface area contributed by atoms with Crippen LogP contribution in [0.4, 0.5) is 11.5 Å². The number of methoxy groups -OCH3 is 2. The molecule has 2 aromatic heterocycles. The first-order valence-corrected chi connectivity index (χ1v) is 11.8. The number of carbonyl (C=O) groups excluding carboxylic acids is 1. The average Bonchev–Trinajstić information content (AvgIpc) is 3.10. The quantitative estimate of drug-likeness (QED) is 0.518. The molecule has 0 spiro atoms. The molecule has 0 bridgehead atoms. The molecular weight excluding hydrogens is 448 g/mol. The maximum Gasteiger partial charge on any atom is 0.266 e. The van der Waals surface area contributed by atoms with Gasteiger partial charge >= 0.3 is 0 Å². The highest BCUT2D eigenvalue weighted by molar-refractivity contribution is 7.20. The molecule has 1 amide bonds. The first-order chi connectivity index (χ1) is 15.3. The number of hydrogen-bond acceptors (Lipinski definition) is 7. The third-order valence-electron chi connectivity index (χ3n) is 5.89. The standard InChI is InChI=1S/C23H27ClN4O3S/c1-12-8-6-7-9-28(12)21-19-13(2)20(32-23(19)26-14(3)25-21)22(29)27-16-10-15(24)17(30-4)11-18(16)31-5/h10-12H,6-9H2,1-5H3,(H,27,29). The van der Waals surface area contributed by atoms with Crippen molar-refractivity contribution in [2.45, 2.75) is 46.1 Å². The predicted molar refractivity (Wildman–Crippen MR) is 130 cm³/mol. The van der Waals surface area contributed by atoms with Gasteiger partial charge in [-0.15, -0.1) is 11.3 Å². The molecule has 1 saturated heterocycles. The van der Waals surface area contributed by atoms with Crippen molar-refractivity contribution in [3.05, 3.63) is 33.4 Å². The molecule has 1 aliphatic heterocycles. The van der Waals surface area contributed by atoms with Crippen molar-refractivity contribution < 1.29 is 14.3 Å². The largest absolute Gasteiger partial charge is 0.495 e. The van der Waals surface area contributed by atoms with Crippen molar-refractivity contribution in [1.82, 2.24) is 9.97 Å². The van der Waals surface area contributed by atoms with Crippen LogP contribution in [0.2, 0.25) is 5.02 Å². The molecule has 1 N–H and O–H groups in total. The van der Waals surface area contributed by atoms with Crippen LogP contribution in [0.1, 0.15) is 47.2 Å². The highest BCUT2D eigenvalue weighted by atomic mass is 35.5. The highest BCUT2D eigenvalue weighted by Gasteiger charge is 2.27. The summed E-state index contributed by atoms with van der Waals surface area (Å²) >= 11 is 7.65. The SMILES string of the molecule is COc1cc(OC)c(NC(=O)c2sc3nc(C)nc(N4CCCCC4C)c3c2C)cc1Cl. The number of piperidine rings is 1. The molecule has 4 rings (SSSR count). The first kappa shape index (κ1) is 22.6.